The second kappa shape index (κ2) is 14.7. The van der Waals surface area contributed by atoms with Crippen molar-refractivity contribution < 1.29 is 4.57 Å². The predicted molar refractivity (Wildman–Crippen MR) is 255 cm³/mol. The molecule has 0 radical (unpaired) electrons. The zero-order valence-corrected chi connectivity index (χ0v) is 34.8. The maximum atomic E-state index is 15.7. The minimum Gasteiger partial charge on any atom is -0.309 e. The molecule has 9 aromatic rings. The summed E-state index contributed by atoms with van der Waals surface area (Å²) in [5.74, 6) is 0. The summed E-state index contributed by atoms with van der Waals surface area (Å²) in [5, 5.41) is 12.0. The fourth-order valence-corrected chi connectivity index (χ4v) is 12.3. The monoisotopic (exact) mass is 780 g/mol. The molecule has 0 fully saturated rings. The van der Waals surface area contributed by atoms with Crippen LogP contribution >= 0.6 is 7.14 Å². The van der Waals surface area contributed by atoms with Crippen molar-refractivity contribution in [2.45, 2.75) is 40.5 Å². The van der Waals surface area contributed by atoms with E-state index in [-0.39, 0.29) is 0 Å². The summed E-state index contributed by atoms with van der Waals surface area (Å²) in [6, 6.07) is 48.0. The molecule has 7 aromatic carbocycles. The molecule has 0 saturated heterocycles. The third-order valence-corrected chi connectivity index (χ3v) is 15.7. The first kappa shape index (κ1) is 36.8. The molecule has 1 unspecified atom stereocenters. The molecule has 286 valence electrons. The van der Waals surface area contributed by atoms with Crippen molar-refractivity contribution in [2.75, 3.05) is 0 Å². The molecule has 0 N–H and O–H groups in total. The van der Waals surface area contributed by atoms with Gasteiger partial charge in [-0.3, -0.25) is 4.40 Å². The van der Waals surface area contributed by atoms with Gasteiger partial charge in [0.05, 0.1) is 16.9 Å². The van der Waals surface area contributed by atoms with E-state index in [1.54, 1.807) is 0 Å². The number of fused-ring (bicyclic) bond motifs is 8. The van der Waals surface area contributed by atoms with Crippen LogP contribution < -0.4 is 10.5 Å². The number of nitrogens with zero attached hydrogens (tertiary/aromatic N) is 2. The molecule has 0 amide bonds. The van der Waals surface area contributed by atoms with E-state index >= 15 is 4.57 Å². The Labute approximate surface area is 345 Å². The lowest BCUT2D eigenvalue weighted by molar-refractivity contribution is 0.591. The Morgan fingerprint density at radius 3 is 2.25 bits per heavy atom. The number of hydrogen-bond donors (Lipinski definition) is 0. The maximum Gasteiger partial charge on any atom is 0.167 e. The smallest absolute Gasteiger partial charge is 0.167 e. The summed E-state index contributed by atoms with van der Waals surface area (Å²) < 4.78 is 18.1. The van der Waals surface area contributed by atoms with Crippen LogP contribution in [-0.2, 0) is 11.0 Å². The van der Waals surface area contributed by atoms with Crippen LogP contribution in [0.2, 0.25) is 0 Å². The summed E-state index contributed by atoms with van der Waals surface area (Å²) in [6.45, 7) is 8.12. The summed E-state index contributed by atoms with van der Waals surface area (Å²) in [5.41, 5.74) is 10.3. The summed E-state index contributed by atoms with van der Waals surface area (Å²) >= 11 is 0. The van der Waals surface area contributed by atoms with Gasteiger partial charge in [0, 0.05) is 21.4 Å². The fraction of sp³-hybridized carbons (Fsp3) is 0.109. The van der Waals surface area contributed by atoms with Crippen LogP contribution in [0, 0.1) is 0 Å². The second-order valence-electron chi connectivity index (χ2n) is 15.5. The van der Waals surface area contributed by atoms with Crippen LogP contribution in [0.4, 0.5) is 0 Å². The molecule has 1 aliphatic carbocycles. The average Bonchev–Trinajstić information content (AvgIpc) is 3.69. The highest BCUT2D eigenvalue weighted by atomic mass is 31.2. The molecule has 10 rings (SSSR count). The summed E-state index contributed by atoms with van der Waals surface area (Å²) in [7, 11) is -3.21. The van der Waals surface area contributed by atoms with Crippen molar-refractivity contribution in [1.29, 1.82) is 0 Å². The highest BCUT2D eigenvalue weighted by Gasteiger charge is 2.33. The Morgan fingerprint density at radius 2 is 1.46 bits per heavy atom. The van der Waals surface area contributed by atoms with Gasteiger partial charge < -0.3 is 4.57 Å². The standard InChI is InChI=1S/C55H45N2OP/c1-5-8-16-36(4)59(58,42-17-10-9-11-18-42)52(7-3)47-34-29-40-28-31-43(45-32-27-37(6-2)53(47)54(40)45)39-25-23-38(24-26-39)41-30-33-46-48(35-41)44-19-12-14-21-50(44)57-51-22-15-13-20-49(51)56-55(46)57/h5-14,16-21,23-35H,15,22H2,1-4H3/b8-5-,36-16+,37-6-,52-7-. The lowest BCUT2D eigenvalue weighted by atomic mass is 9.89. The number of imidazole rings is 1. The SMILES string of the molecule is C/C=C\C=C(/C)P(=O)(/C(=C\C)c1ccc2ccc(-c3ccc(-c4ccc5c(c4)c4ccccc4n4c6c(nc54)C=CCC6)cc3)c3cc/c(=C/C)c1c23)c1ccccc1. The van der Waals surface area contributed by atoms with E-state index in [9.17, 15) is 0 Å². The maximum absolute atomic E-state index is 15.7. The quantitative estimate of drug-likeness (QED) is 0.0917. The van der Waals surface area contributed by atoms with Crippen LogP contribution in [0.5, 0.6) is 0 Å². The number of rotatable bonds is 7. The minimum absolute atomic E-state index is 0.839. The third kappa shape index (κ3) is 5.79. The molecule has 0 saturated carbocycles. The molecule has 0 aliphatic heterocycles. The molecular formula is C55H45N2OP. The minimum atomic E-state index is -3.21. The molecule has 59 heavy (non-hydrogen) atoms. The van der Waals surface area contributed by atoms with Crippen LogP contribution in [0.15, 0.2) is 169 Å². The van der Waals surface area contributed by atoms with Crippen LogP contribution in [0.1, 0.15) is 51.1 Å². The topological polar surface area (TPSA) is 34.4 Å². The lowest BCUT2D eigenvalue weighted by Gasteiger charge is -2.25. The average molecular weight is 781 g/mol. The van der Waals surface area contributed by atoms with E-state index in [1.807, 2.05) is 69.3 Å². The van der Waals surface area contributed by atoms with Gasteiger partial charge in [-0.05, 0) is 130 Å². The van der Waals surface area contributed by atoms with Gasteiger partial charge in [-0.15, -0.1) is 0 Å². The van der Waals surface area contributed by atoms with Gasteiger partial charge in [0.2, 0.25) is 0 Å². The molecule has 4 heteroatoms. The van der Waals surface area contributed by atoms with Gasteiger partial charge in [-0.2, -0.15) is 0 Å². The van der Waals surface area contributed by atoms with Crippen molar-refractivity contribution >= 4 is 78.8 Å². The molecule has 2 heterocycles. The number of hydrogen-bond acceptors (Lipinski definition) is 2. The largest absolute Gasteiger partial charge is 0.309 e. The van der Waals surface area contributed by atoms with Gasteiger partial charge in [0.25, 0.3) is 0 Å². The molecule has 1 aliphatic rings. The van der Waals surface area contributed by atoms with Crippen molar-refractivity contribution in [3.8, 4) is 22.3 Å². The van der Waals surface area contributed by atoms with Gasteiger partial charge in [-0.25, -0.2) is 4.98 Å². The van der Waals surface area contributed by atoms with Crippen LogP contribution in [0.25, 0.3) is 88.6 Å². The van der Waals surface area contributed by atoms with E-state index in [1.165, 1.54) is 60.2 Å². The highest BCUT2D eigenvalue weighted by molar-refractivity contribution is 7.84. The first-order valence-electron chi connectivity index (χ1n) is 20.6. The first-order valence-corrected chi connectivity index (χ1v) is 22.4. The normalized spacial score (nSPS) is 15.0. The first-order chi connectivity index (χ1) is 28.9. The zero-order valence-electron chi connectivity index (χ0n) is 33.9. The molecule has 3 nitrogen and oxygen atoms in total. The van der Waals surface area contributed by atoms with E-state index < -0.39 is 7.14 Å². The van der Waals surface area contributed by atoms with Crippen LogP contribution in [-0.4, -0.2) is 9.38 Å². The van der Waals surface area contributed by atoms with Gasteiger partial charge in [0.1, 0.15) is 5.65 Å². The number of pyridine rings is 1. The Bertz CT molecular complexity index is 3380. The van der Waals surface area contributed by atoms with E-state index in [0.29, 0.717) is 0 Å². The summed E-state index contributed by atoms with van der Waals surface area (Å²) in [4.78, 5) is 5.15. The van der Waals surface area contributed by atoms with E-state index in [4.69, 9.17) is 4.98 Å². The second-order valence-corrected chi connectivity index (χ2v) is 18.5. The van der Waals surface area contributed by atoms with Crippen molar-refractivity contribution in [1.82, 2.24) is 9.38 Å². The molecule has 2 aromatic heterocycles. The van der Waals surface area contributed by atoms with Gasteiger partial charge in [-0.1, -0.05) is 152 Å². The Morgan fingerprint density at radius 1 is 0.712 bits per heavy atom. The molecule has 0 bridgehead atoms. The Kier molecular flexibility index (Phi) is 9.15. The Balaban J connectivity index is 1.10. The fourth-order valence-electron chi connectivity index (χ4n) is 9.48. The number of aryl methyl sites for hydroxylation is 1. The van der Waals surface area contributed by atoms with E-state index in [0.717, 1.165) is 61.8 Å². The van der Waals surface area contributed by atoms with Gasteiger partial charge in [0.15, 0.2) is 7.14 Å². The highest BCUT2D eigenvalue weighted by Crippen LogP contribution is 2.64. The Hall–Kier alpha value is -6.54. The van der Waals surface area contributed by atoms with E-state index in [2.05, 4.69) is 139 Å². The number of benzene rings is 7. The van der Waals surface area contributed by atoms with Crippen molar-refractivity contribution in [3.63, 3.8) is 0 Å². The predicted octanol–water partition coefficient (Wildman–Crippen LogP) is 14.3. The zero-order chi connectivity index (χ0) is 40.3. The summed E-state index contributed by atoms with van der Waals surface area (Å²) in [6.07, 6.45) is 16.7. The lowest BCUT2D eigenvalue weighted by Crippen LogP contribution is -2.10. The number of para-hydroxylation sites is 1. The third-order valence-electron chi connectivity index (χ3n) is 12.3. The van der Waals surface area contributed by atoms with Crippen LogP contribution in [0.3, 0.4) is 0 Å². The van der Waals surface area contributed by atoms with Crippen molar-refractivity contribution in [3.05, 3.63) is 191 Å². The number of aromatic nitrogens is 2. The molecule has 1 atom stereocenters. The molecular weight excluding hydrogens is 736 g/mol. The van der Waals surface area contributed by atoms with Gasteiger partial charge >= 0.3 is 0 Å². The number of allylic oxidation sites excluding steroid dienone is 6. The molecule has 0 spiro atoms. The van der Waals surface area contributed by atoms with Crippen molar-refractivity contribution in [2.24, 2.45) is 0 Å².